The highest BCUT2D eigenvalue weighted by atomic mass is 16.1. The molecular formula is C15H29N3O. The van der Waals surface area contributed by atoms with E-state index in [1.165, 1.54) is 25.8 Å². The van der Waals surface area contributed by atoms with Crippen molar-refractivity contribution < 1.29 is 4.79 Å². The van der Waals surface area contributed by atoms with Crippen LogP contribution in [0.2, 0.25) is 0 Å². The molecule has 2 aliphatic rings. The highest BCUT2D eigenvalue weighted by molar-refractivity contribution is 5.76. The highest BCUT2D eigenvalue weighted by Gasteiger charge is 2.28. The minimum absolute atomic E-state index is 0.241. The van der Waals surface area contributed by atoms with E-state index in [-0.39, 0.29) is 5.91 Å². The molecule has 2 heterocycles. The fourth-order valence-corrected chi connectivity index (χ4v) is 3.26. The monoisotopic (exact) mass is 267 g/mol. The van der Waals surface area contributed by atoms with Gasteiger partial charge in [-0.1, -0.05) is 13.8 Å². The van der Waals surface area contributed by atoms with E-state index in [2.05, 4.69) is 29.4 Å². The molecule has 2 fully saturated rings. The van der Waals surface area contributed by atoms with Crippen LogP contribution in [-0.2, 0) is 4.79 Å². The second-order valence-corrected chi connectivity index (χ2v) is 6.42. The molecule has 19 heavy (non-hydrogen) atoms. The van der Waals surface area contributed by atoms with Gasteiger partial charge in [0.05, 0.1) is 0 Å². The van der Waals surface area contributed by atoms with Gasteiger partial charge in [0.1, 0.15) is 0 Å². The maximum absolute atomic E-state index is 11.7. The van der Waals surface area contributed by atoms with Crippen LogP contribution < -0.4 is 10.6 Å². The second-order valence-electron chi connectivity index (χ2n) is 6.42. The number of hydrogen-bond acceptors (Lipinski definition) is 3. The molecule has 0 bridgehead atoms. The fourth-order valence-electron chi connectivity index (χ4n) is 3.26. The molecule has 0 saturated carbocycles. The van der Waals surface area contributed by atoms with Crippen LogP contribution in [0, 0.1) is 5.92 Å². The van der Waals surface area contributed by atoms with Crippen molar-refractivity contribution in [2.75, 3.05) is 26.2 Å². The number of likely N-dealkylation sites (tertiary alicyclic amines) is 1. The summed E-state index contributed by atoms with van der Waals surface area (Å²) in [5.41, 5.74) is 0. The molecule has 4 nitrogen and oxygen atoms in total. The minimum atomic E-state index is 0.241. The van der Waals surface area contributed by atoms with Crippen molar-refractivity contribution in [3.63, 3.8) is 0 Å². The van der Waals surface area contributed by atoms with Gasteiger partial charge in [-0.3, -0.25) is 9.69 Å². The normalized spacial score (nSPS) is 30.2. The Hall–Kier alpha value is -0.610. The van der Waals surface area contributed by atoms with E-state index >= 15 is 0 Å². The van der Waals surface area contributed by atoms with Gasteiger partial charge in [-0.25, -0.2) is 0 Å². The first kappa shape index (κ1) is 14.8. The van der Waals surface area contributed by atoms with Gasteiger partial charge in [-0.15, -0.1) is 0 Å². The van der Waals surface area contributed by atoms with E-state index < -0.39 is 0 Å². The van der Waals surface area contributed by atoms with Gasteiger partial charge in [0.25, 0.3) is 0 Å². The lowest BCUT2D eigenvalue weighted by Crippen LogP contribution is -2.46. The Morgan fingerprint density at radius 1 is 1.37 bits per heavy atom. The van der Waals surface area contributed by atoms with Gasteiger partial charge < -0.3 is 10.6 Å². The van der Waals surface area contributed by atoms with Crippen LogP contribution in [0.1, 0.15) is 46.0 Å². The molecule has 110 valence electrons. The Morgan fingerprint density at radius 2 is 2.21 bits per heavy atom. The fraction of sp³-hybridized carbons (Fsp3) is 0.933. The first-order chi connectivity index (χ1) is 9.15. The van der Waals surface area contributed by atoms with Crippen molar-refractivity contribution in [3.8, 4) is 0 Å². The predicted octanol–water partition coefficient (Wildman–Crippen LogP) is 1.37. The zero-order valence-corrected chi connectivity index (χ0v) is 12.5. The van der Waals surface area contributed by atoms with E-state index in [4.69, 9.17) is 0 Å². The van der Waals surface area contributed by atoms with Gasteiger partial charge in [0.2, 0.25) is 5.91 Å². The third kappa shape index (κ3) is 4.77. The quantitative estimate of drug-likeness (QED) is 0.808. The Morgan fingerprint density at radius 3 is 3.00 bits per heavy atom. The van der Waals surface area contributed by atoms with Crippen LogP contribution in [0.5, 0.6) is 0 Å². The van der Waals surface area contributed by atoms with E-state index in [1.807, 2.05) is 0 Å². The van der Waals surface area contributed by atoms with Crippen LogP contribution in [-0.4, -0.2) is 49.1 Å². The largest absolute Gasteiger partial charge is 0.356 e. The van der Waals surface area contributed by atoms with Gasteiger partial charge in [-0.2, -0.15) is 0 Å². The van der Waals surface area contributed by atoms with E-state index in [1.54, 1.807) is 0 Å². The van der Waals surface area contributed by atoms with Gasteiger partial charge >= 0.3 is 0 Å². The lowest BCUT2D eigenvalue weighted by atomic mass is 9.94. The third-order valence-electron chi connectivity index (χ3n) is 4.34. The van der Waals surface area contributed by atoms with Crippen molar-refractivity contribution in [1.82, 2.24) is 15.5 Å². The van der Waals surface area contributed by atoms with Crippen molar-refractivity contribution in [1.29, 1.82) is 0 Å². The second kappa shape index (κ2) is 7.25. The predicted molar refractivity (Wildman–Crippen MR) is 78.1 cm³/mol. The molecule has 0 aromatic rings. The summed E-state index contributed by atoms with van der Waals surface area (Å²) in [7, 11) is 0. The molecule has 0 aliphatic carbocycles. The van der Waals surface area contributed by atoms with Gasteiger partial charge in [0, 0.05) is 31.6 Å². The van der Waals surface area contributed by atoms with Crippen LogP contribution in [0.25, 0.3) is 0 Å². The number of rotatable bonds is 4. The minimum Gasteiger partial charge on any atom is -0.356 e. The standard InChI is InChI=1S/C15H29N3O/c1-12(2)17-10-13-5-4-8-18(11-13)14-6-3-7-16-15(19)9-14/h12-14,17H,3-11H2,1-2H3,(H,16,19). The lowest BCUT2D eigenvalue weighted by Gasteiger charge is -2.38. The number of nitrogens with one attached hydrogen (secondary N) is 2. The van der Waals surface area contributed by atoms with Crippen LogP contribution >= 0.6 is 0 Å². The first-order valence-electron chi connectivity index (χ1n) is 7.89. The van der Waals surface area contributed by atoms with Crippen LogP contribution in [0.3, 0.4) is 0 Å². The molecule has 0 spiro atoms. The molecular weight excluding hydrogens is 238 g/mol. The number of carbonyl (C=O) groups excluding carboxylic acids is 1. The molecule has 2 atom stereocenters. The van der Waals surface area contributed by atoms with Crippen molar-refractivity contribution in [3.05, 3.63) is 0 Å². The number of hydrogen-bond donors (Lipinski definition) is 2. The molecule has 1 amide bonds. The van der Waals surface area contributed by atoms with E-state index in [0.717, 1.165) is 32.0 Å². The Bertz CT molecular complexity index is 293. The summed E-state index contributed by atoms with van der Waals surface area (Å²) in [6.07, 6.45) is 5.60. The summed E-state index contributed by atoms with van der Waals surface area (Å²) in [6, 6.07) is 1.04. The van der Waals surface area contributed by atoms with E-state index in [9.17, 15) is 4.79 Å². The molecule has 0 aromatic heterocycles. The Balaban J connectivity index is 1.83. The van der Waals surface area contributed by atoms with Crippen LogP contribution in [0.15, 0.2) is 0 Å². The summed E-state index contributed by atoms with van der Waals surface area (Å²) < 4.78 is 0. The number of amides is 1. The average Bonchev–Trinajstić information content (AvgIpc) is 2.61. The first-order valence-corrected chi connectivity index (χ1v) is 7.89. The lowest BCUT2D eigenvalue weighted by molar-refractivity contribution is -0.121. The third-order valence-corrected chi connectivity index (χ3v) is 4.34. The molecule has 2 saturated heterocycles. The summed E-state index contributed by atoms with van der Waals surface area (Å²) in [5, 5.41) is 6.54. The van der Waals surface area contributed by atoms with Crippen molar-refractivity contribution in [2.24, 2.45) is 5.92 Å². The zero-order valence-electron chi connectivity index (χ0n) is 12.5. The van der Waals surface area contributed by atoms with E-state index in [0.29, 0.717) is 18.5 Å². The molecule has 0 aromatic carbocycles. The zero-order chi connectivity index (χ0) is 13.7. The highest BCUT2D eigenvalue weighted by Crippen LogP contribution is 2.22. The topological polar surface area (TPSA) is 44.4 Å². The molecule has 2 aliphatic heterocycles. The molecule has 0 radical (unpaired) electrons. The Labute approximate surface area is 117 Å². The Kier molecular flexibility index (Phi) is 5.64. The smallest absolute Gasteiger partial charge is 0.221 e. The summed E-state index contributed by atoms with van der Waals surface area (Å²) in [5.74, 6) is 0.993. The molecule has 2 rings (SSSR count). The maximum atomic E-state index is 11.7. The molecule has 4 heteroatoms. The SMILES string of the molecule is CC(C)NCC1CCCN(C2CCCNC(=O)C2)C1. The summed E-state index contributed by atoms with van der Waals surface area (Å²) >= 11 is 0. The number of carbonyl (C=O) groups is 1. The van der Waals surface area contributed by atoms with Crippen LogP contribution in [0.4, 0.5) is 0 Å². The summed E-state index contributed by atoms with van der Waals surface area (Å²) in [4.78, 5) is 14.3. The number of nitrogens with zero attached hydrogens (tertiary/aromatic N) is 1. The maximum Gasteiger partial charge on any atom is 0.221 e. The van der Waals surface area contributed by atoms with Crippen molar-refractivity contribution in [2.45, 2.75) is 58.0 Å². The van der Waals surface area contributed by atoms with Gasteiger partial charge in [-0.05, 0) is 44.7 Å². The average molecular weight is 267 g/mol. The number of piperidine rings is 1. The molecule has 2 N–H and O–H groups in total. The summed E-state index contributed by atoms with van der Waals surface area (Å²) in [6.45, 7) is 8.73. The van der Waals surface area contributed by atoms with Crippen molar-refractivity contribution >= 4 is 5.91 Å². The molecule has 2 unspecified atom stereocenters. The van der Waals surface area contributed by atoms with Gasteiger partial charge in [0.15, 0.2) is 0 Å².